The van der Waals surface area contributed by atoms with Gasteiger partial charge in [0.1, 0.15) is 23.0 Å². The Balaban J connectivity index is 1.44. The Labute approximate surface area is 200 Å². The van der Waals surface area contributed by atoms with Crippen LogP contribution in [0.1, 0.15) is 37.9 Å². The smallest absolute Gasteiger partial charge is 0.224 e. The normalized spacial score (nSPS) is 14.9. The average Bonchev–Trinajstić information content (AvgIpc) is 3.29. The van der Waals surface area contributed by atoms with E-state index in [4.69, 9.17) is 21.1 Å². The first-order valence-corrected chi connectivity index (χ1v) is 12.0. The minimum atomic E-state index is 0.286. The first kappa shape index (κ1) is 23.4. The van der Waals surface area contributed by atoms with E-state index in [0.29, 0.717) is 19.3 Å². The van der Waals surface area contributed by atoms with Gasteiger partial charge in [0.05, 0.1) is 13.2 Å². The summed E-state index contributed by atoms with van der Waals surface area (Å²) < 4.78 is 14.1. The van der Waals surface area contributed by atoms with Gasteiger partial charge in [-0.15, -0.1) is 0 Å². The van der Waals surface area contributed by atoms with E-state index in [2.05, 4.69) is 36.9 Å². The quantitative estimate of drug-likeness (QED) is 0.440. The zero-order chi connectivity index (χ0) is 23.2. The van der Waals surface area contributed by atoms with Gasteiger partial charge < -0.3 is 19.4 Å². The van der Waals surface area contributed by atoms with Crippen LogP contribution in [0.25, 0.3) is 5.69 Å². The van der Waals surface area contributed by atoms with Gasteiger partial charge in [-0.05, 0) is 75.0 Å². The average molecular weight is 470 g/mol. The number of aryl methyl sites for hydroxylation is 1. The molecular weight excluding hydrogens is 438 g/mol. The molecule has 3 heterocycles. The molecule has 1 N–H and O–H groups in total. The standard InChI is InChI=1S/C25H32ClN5O2/c1-4-32-21-15-19(16-22(33-5-2)24(21)31-10-6-7-11-31)17-30-12-8-20(9-13-30)28-23-14-18(3)27-25(26)29-23/h6-7,10-11,14-16,20H,4-5,8-9,12-13,17H2,1-3H3,(H,27,28,29). The largest absolute Gasteiger partial charge is 0.492 e. The van der Waals surface area contributed by atoms with Crippen LogP contribution in [0, 0.1) is 6.92 Å². The molecule has 8 heteroatoms. The Morgan fingerprint density at radius 1 is 1.00 bits per heavy atom. The molecular formula is C25H32ClN5O2. The number of hydrogen-bond donors (Lipinski definition) is 1. The highest BCUT2D eigenvalue weighted by Crippen LogP contribution is 2.35. The number of likely N-dealkylation sites (tertiary alicyclic amines) is 1. The van der Waals surface area contributed by atoms with E-state index in [1.807, 2.05) is 51.4 Å². The minimum Gasteiger partial charge on any atom is -0.492 e. The molecule has 0 spiro atoms. The molecule has 0 radical (unpaired) electrons. The molecule has 7 nitrogen and oxygen atoms in total. The van der Waals surface area contributed by atoms with Crippen LogP contribution in [0.15, 0.2) is 42.7 Å². The van der Waals surface area contributed by atoms with Gasteiger partial charge >= 0.3 is 0 Å². The molecule has 4 rings (SSSR count). The second kappa shape index (κ2) is 10.9. The summed E-state index contributed by atoms with van der Waals surface area (Å²) in [6.45, 7) is 10.0. The molecule has 2 aromatic heterocycles. The molecule has 1 fully saturated rings. The predicted molar refractivity (Wildman–Crippen MR) is 132 cm³/mol. The monoisotopic (exact) mass is 469 g/mol. The van der Waals surface area contributed by atoms with E-state index in [-0.39, 0.29) is 5.28 Å². The fourth-order valence-electron chi connectivity index (χ4n) is 4.31. The van der Waals surface area contributed by atoms with Gasteiger partial charge in [-0.1, -0.05) is 0 Å². The molecule has 1 saturated heterocycles. The SMILES string of the molecule is CCOc1cc(CN2CCC(Nc3cc(C)nc(Cl)n3)CC2)cc(OCC)c1-n1cccc1. The summed E-state index contributed by atoms with van der Waals surface area (Å²) in [5.41, 5.74) is 3.02. The number of halogens is 1. The minimum absolute atomic E-state index is 0.286. The molecule has 33 heavy (non-hydrogen) atoms. The maximum absolute atomic E-state index is 6.03. The lowest BCUT2D eigenvalue weighted by atomic mass is 10.0. The molecule has 0 atom stereocenters. The van der Waals surface area contributed by atoms with Crippen molar-refractivity contribution in [2.24, 2.45) is 0 Å². The van der Waals surface area contributed by atoms with Crippen LogP contribution in [0.4, 0.5) is 5.82 Å². The summed E-state index contributed by atoms with van der Waals surface area (Å²) in [7, 11) is 0. The van der Waals surface area contributed by atoms with Crippen LogP contribution in [0.5, 0.6) is 11.5 Å². The van der Waals surface area contributed by atoms with E-state index in [9.17, 15) is 0 Å². The van der Waals surface area contributed by atoms with Gasteiger partial charge in [-0.25, -0.2) is 9.97 Å². The van der Waals surface area contributed by atoms with Crippen molar-refractivity contribution in [3.8, 4) is 17.2 Å². The topological polar surface area (TPSA) is 64.4 Å². The Kier molecular flexibility index (Phi) is 7.73. The molecule has 0 saturated carbocycles. The molecule has 0 aliphatic carbocycles. The highest BCUT2D eigenvalue weighted by atomic mass is 35.5. The maximum atomic E-state index is 6.03. The van der Waals surface area contributed by atoms with Crippen LogP contribution in [0.3, 0.4) is 0 Å². The van der Waals surface area contributed by atoms with Gasteiger partial charge in [0.15, 0.2) is 0 Å². The second-order valence-corrected chi connectivity index (χ2v) is 8.59. The van der Waals surface area contributed by atoms with Crippen LogP contribution >= 0.6 is 11.6 Å². The van der Waals surface area contributed by atoms with Crippen molar-refractivity contribution in [3.63, 3.8) is 0 Å². The second-order valence-electron chi connectivity index (χ2n) is 8.26. The van der Waals surface area contributed by atoms with Gasteiger partial charge in [0.25, 0.3) is 0 Å². The molecule has 1 aliphatic rings. The molecule has 0 unspecified atom stereocenters. The lowest BCUT2D eigenvalue weighted by molar-refractivity contribution is 0.210. The van der Waals surface area contributed by atoms with Crippen LogP contribution < -0.4 is 14.8 Å². The Hall–Kier alpha value is -2.77. The van der Waals surface area contributed by atoms with Crippen molar-refractivity contribution in [3.05, 3.63) is 59.3 Å². The Morgan fingerprint density at radius 3 is 2.21 bits per heavy atom. The lowest BCUT2D eigenvalue weighted by Gasteiger charge is -2.33. The van der Waals surface area contributed by atoms with E-state index in [1.165, 1.54) is 5.56 Å². The summed E-state index contributed by atoms with van der Waals surface area (Å²) >= 11 is 6.00. The number of rotatable bonds is 9. The molecule has 3 aromatic rings. The summed E-state index contributed by atoms with van der Waals surface area (Å²) in [6.07, 6.45) is 6.12. The Bertz CT molecular complexity index is 1000. The zero-order valence-electron chi connectivity index (χ0n) is 19.6. The fraction of sp³-hybridized carbons (Fsp3) is 0.440. The number of aromatic nitrogens is 3. The lowest BCUT2D eigenvalue weighted by Crippen LogP contribution is -2.38. The molecule has 176 valence electrons. The van der Waals surface area contributed by atoms with Crippen molar-refractivity contribution in [2.45, 2.75) is 46.2 Å². The zero-order valence-corrected chi connectivity index (χ0v) is 20.3. The van der Waals surface area contributed by atoms with E-state index < -0.39 is 0 Å². The first-order chi connectivity index (χ1) is 16.1. The van der Waals surface area contributed by atoms with E-state index >= 15 is 0 Å². The third kappa shape index (κ3) is 5.97. The van der Waals surface area contributed by atoms with Crippen molar-refractivity contribution < 1.29 is 9.47 Å². The summed E-state index contributed by atoms with van der Waals surface area (Å²) in [5.74, 6) is 2.50. The number of piperidine rings is 1. The maximum Gasteiger partial charge on any atom is 0.224 e. The van der Waals surface area contributed by atoms with Crippen molar-refractivity contribution in [1.29, 1.82) is 0 Å². The molecule has 0 bridgehead atoms. The van der Waals surface area contributed by atoms with Crippen LogP contribution in [-0.2, 0) is 6.54 Å². The summed E-state index contributed by atoms with van der Waals surface area (Å²) in [4.78, 5) is 10.9. The number of benzene rings is 1. The Morgan fingerprint density at radius 2 is 1.64 bits per heavy atom. The van der Waals surface area contributed by atoms with Gasteiger partial charge in [-0.2, -0.15) is 0 Å². The number of hydrogen-bond acceptors (Lipinski definition) is 6. The van der Waals surface area contributed by atoms with Crippen molar-refractivity contribution in [1.82, 2.24) is 19.4 Å². The van der Waals surface area contributed by atoms with Crippen molar-refractivity contribution >= 4 is 17.4 Å². The van der Waals surface area contributed by atoms with E-state index in [0.717, 1.165) is 61.2 Å². The number of anilines is 1. The predicted octanol–water partition coefficient (Wildman–Crippen LogP) is 5.10. The summed E-state index contributed by atoms with van der Waals surface area (Å²) in [5, 5.41) is 3.80. The number of nitrogens with zero attached hydrogens (tertiary/aromatic N) is 4. The number of ether oxygens (including phenoxy) is 2. The van der Waals surface area contributed by atoms with Gasteiger partial charge in [0, 0.05) is 49.8 Å². The first-order valence-electron chi connectivity index (χ1n) is 11.6. The third-order valence-corrected chi connectivity index (χ3v) is 5.90. The molecule has 1 aliphatic heterocycles. The molecule has 1 aromatic carbocycles. The highest BCUT2D eigenvalue weighted by molar-refractivity contribution is 6.28. The third-order valence-electron chi connectivity index (χ3n) is 5.73. The van der Waals surface area contributed by atoms with Crippen molar-refractivity contribution in [2.75, 3.05) is 31.6 Å². The highest BCUT2D eigenvalue weighted by Gasteiger charge is 2.22. The van der Waals surface area contributed by atoms with Crippen LogP contribution in [-0.4, -0.2) is 51.8 Å². The fourth-order valence-corrected chi connectivity index (χ4v) is 4.53. The summed E-state index contributed by atoms with van der Waals surface area (Å²) in [6, 6.07) is 10.6. The van der Waals surface area contributed by atoms with Crippen LogP contribution in [0.2, 0.25) is 5.28 Å². The number of nitrogens with one attached hydrogen (secondary N) is 1. The molecule has 0 amide bonds. The van der Waals surface area contributed by atoms with Gasteiger partial charge in [-0.3, -0.25) is 4.90 Å². The van der Waals surface area contributed by atoms with Gasteiger partial charge in [0.2, 0.25) is 5.28 Å². The van der Waals surface area contributed by atoms with E-state index in [1.54, 1.807) is 0 Å².